The van der Waals surface area contributed by atoms with E-state index in [1.165, 1.54) is 18.3 Å². The first kappa shape index (κ1) is 15.2. The van der Waals surface area contributed by atoms with Crippen molar-refractivity contribution >= 4 is 17.6 Å². The topological polar surface area (TPSA) is 61.2 Å². The molecule has 2 aromatic rings. The number of rotatable bonds is 3. The molecule has 0 saturated carbocycles. The molecule has 0 aliphatic carbocycles. The quantitative estimate of drug-likeness (QED) is 0.817. The predicted molar refractivity (Wildman–Crippen MR) is 75.5 cm³/mol. The second-order valence-electron chi connectivity index (χ2n) is 4.19. The molecule has 0 aliphatic heterocycles. The molecule has 5 nitrogen and oxygen atoms in total. The lowest BCUT2D eigenvalue weighted by Gasteiger charge is -2.10. The maximum Gasteiger partial charge on any atom is 0.362 e. The molecule has 0 fully saturated rings. The van der Waals surface area contributed by atoms with Crippen molar-refractivity contribution in [2.45, 2.75) is 13.3 Å². The Morgan fingerprint density at radius 1 is 1.48 bits per heavy atom. The molecule has 0 N–H and O–H groups in total. The molecule has 0 amide bonds. The van der Waals surface area contributed by atoms with Gasteiger partial charge in [-0.05, 0) is 18.6 Å². The zero-order chi connectivity index (χ0) is 15.6. The highest BCUT2D eigenvalue weighted by molar-refractivity contribution is 6.30. The number of benzene rings is 1. The van der Waals surface area contributed by atoms with Gasteiger partial charge in [0, 0.05) is 11.8 Å². The molecule has 0 spiro atoms. The van der Waals surface area contributed by atoms with Crippen LogP contribution in [0.2, 0.25) is 5.02 Å². The average Bonchev–Trinajstić information content (AvgIpc) is 2.49. The van der Waals surface area contributed by atoms with Crippen LogP contribution >= 0.6 is 11.6 Å². The first-order chi connectivity index (χ1) is 9.99. The van der Waals surface area contributed by atoms with Gasteiger partial charge in [0.2, 0.25) is 11.1 Å². The zero-order valence-corrected chi connectivity index (χ0v) is 12.1. The molecule has 7 heteroatoms. The Hall–Kier alpha value is -2.21. The second-order valence-corrected chi connectivity index (χ2v) is 4.60. The monoisotopic (exact) mass is 310 g/mol. The predicted octanol–water partition coefficient (Wildman–Crippen LogP) is 2.37. The summed E-state index contributed by atoms with van der Waals surface area (Å²) >= 11 is 5.73. The molecule has 0 unspecified atom stereocenters. The van der Waals surface area contributed by atoms with E-state index >= 15 is 0 Å². The van der Waals surface area contributed by atoms with Crippen molar-refractivity contribution in [2.24, 2.45) is 0 Å². The standard InChI is InChI=1S/C14H12ClFN2O3/c1-3-8-7-18(10-6-4-5-9(15)11(10)16)17-12(13(8)19)14(20)21-2/h4-7H,3H2,1-2H3. The number of aryl methyl sites for hydroxylation is 1. The van der Waals surface area contributed by atoms with Gasteiger partial charge in [-0.15, -0.1) is 0 Å². The highest BCUT2D eigenvalue weighted by Crippen LogP contribution is 2.20. The Morgan fingerprint density at radius 2 is 2.19 bits per heavy atom. The van der Waals surface area contributed by atoms with Crippen LogP contribution in [0.4, 0.5) is 4.39 Å². The third kappa shape index (κ3) is 2.80. The number of carbonyl (C=O) groups excluding carboxylic acids is 1. The van der Waals surface area contributed by atoms with E-state index in [-0.39, 0.29) is 10.7 Å². The Morgan fingerprint density at radius 3 is 2.81 bits per heavy atom. The molecule has 1 aromatic heterocycles. The van der Waals surface area contributed by atoms with Crippen LogP contribution in [-0.2, 0) is 11.2 Å². The number of hydrogen-bond acceptors (Lipinski definition) is 4. The highest BCUT2D eigenvalue weighted by Gasteiger charge is 2.18. The summed E-state index contributed by atoms with van der Waals surface area (Å²) in [5, 5.41) is 3.78. The van der Waals surface area contributed by atoms with Crippen molar-refractivity contribution in [2.75, 3.05) is 7.11 Å². The minimum Gasteiger partial charge on any atom is -0.464 e. The number of carbonyl (C=O) groups is 1. The number of halogens is 2. The Balaban J connectivity index is 2.73. The van der Waals surface area contributed by atoms with Crippen molar-refractivity contribution in [1.82, 2.24) is 9.78 Å². The van der Waals surface area contributed by atoms with E-state index in [4.69, 9.17) is 11.6 Å². The maximum absolute atomic E-state index is 14.1. The van der Waals surface area contributed by atoms with E-state index in [0.29, 0.717) is 12.0 Å². The van der Waals surface area contributed by atoms with E-state index in [9.17, 15) is 14.0 Å². The molecule has 0 atom stereocenters. The fraction of sp³-hybridized carbons (Fsp3) is 0.214. The van der Waals surface area contributed by atoms with E-state index in [1.807, 2.05) is 0 Å². The number of esters is 1. The first-order valence-corrected chi connectivity index (χ1v) is 6.53. The van der Waals surface area contributed by atoms with Gasteiger partial charge in [-0.2, -0.15) is 5.10 Å². The Labute approximate surface area is 124 Å². The SMILES string of the molecule is CCc1cn(-c2cccc(Cl)c2F)nc(C(=O)OC)c1=O. The minimum atomic E-state index is -0.869. The largest absolute Gasteiger partial charge is 0.464 e. The summed E-state index contributed by atoms with van der Waals surface area (Å²) in [6.07, 6.45) is 1.75. The van der Waals surface area contributed by atoms with Gasteiger partial charge in [-0.25, -0.2) is 13.9 Å². The number of ether oxygens (including phenoxy) is 1. The molecule has 21 heavy (non-hydrogen) atoms. The number of hydrogen-bond donors (Lipinski definition) is 0. The molecular formula is C14H12ClFN2O3. The van der Waals surface area contributed by atoms with E-state index in [2.05, 4.69) is 9.84 Å². The van der Waals surface area contributed by atoms with Crippen molar-refractivity contribution in [3.8, 4) is 5.69 Å². The van der Waals surface area contributed by atoms with Gasteiger partial charge >= 0.3 is 5.97 Å². The van der Waals surface area contributed by atoms with Crippen LogP contribution in [0, 0.1) is 5.82 Å². The van der Waals surface area contributed by atoms with Crippen LogP contribution in [0.1, 0.15) is 23.0 Å². The fourth-order valence-corrected chi connectivity index (χ4v) is 1.98. The molecule has 1 aromatic carbocycles. The van der Waals surface area contributed by atoms with Crippen molar-refractivity contribution in [3.63, 3.8) is 0 Å². The second kappa shape index (κ2) is 6.05. The van der Waals surface area contributed by atoms with Gasteiger partial charge in [0.25, 0.3) is 0 Å². The van der Waals surface area contributed by atoms with Gasteiger partial charge < -0.3 is 4.74 Å². The molecule has 0 bridgehead atoms. The Bertz CT molecular complexity index is 758. The lowest BCUT2D eigenvalue weighted by Crippen LogP contribution is -2.25. The first-order valence-electron chi connectivity index (χ1n) is 6.15. The lowest BCUT2D eigenvalue weighted by atomic mass is 10.2. The van der Waals surface area contributed by atoms with Crippen LogP contribution < -0.4 is 5.43 Å². The number of nitrogens with zero attached hydrogens (tertiary/aromatic N) is 2. The smallest absolute Gasteiger partial charge is 0.362 e. The van der Waals surface area contributed by atoms with E-state index < -0.39 is 22.9 Å². The maximum atomic E-state index is 14.1. The fourth-order valence-electron chi connectivity index (χ4n) is 1.82. The van der Waals surface area contributed by atoms with Crippen LogP contribution in [0.5, 0.6) is 0 Å². The molecule has 0 radical (unpaired) electrons. The van der Waals surface area contributed by atoms with Crippen molar-refractivity contribution < 1.29 is 13.9 Å². The van der Waals surface area contributed by atoms with E-state index in [1.54, 1.807) is 13.0 Å². The molecule has 1 heterocycles. The van der Waals surface area contributed by atoms with Gasteiger partial charge in [-0.3, -0.25) is 4.79 Å². The third-order valence-electron chi connectivity index (χ3n) is 2.93. The van der Waals surface area contributed by atoms with Crippen LogP contribution in [-0.4, -0.2) is 22.9 Å². The third-order valence-corrected chi connectivity index (χ3v) is 3.22. The van der Waals surface area contributed by atoms with Crippen molar-refractivity contribution in [1.29, 1.82) is 0 Å². The summed E-state index contributed by atoms with van der Waals surface area (Å²) in [7, 11) is 1.15. The summed E-state index contributed by atoms with van der Waals surface area (Å²) < 4.78 is 19.7. The van der Waals surface area contributed by atoms with Gasteiger partial charge in [0.15, 0.2) is 5.82 Å². The van der Waals surface area contributed by atoms with Gasteiger partial charge in [-0.1, -0.05) is 24.6 Å². The molecule has 110 valence electrons. The average molecular weight is 311 g/mol. The lowest BCUT2D eigenvalue weighted by molar-refractivity contribution is 0.0590. The molecular weight excluding hydrogens is 299 g/mol. The van der Waals surface area contributed by atoms with E-state index in [0.717, 1.165) is 11.8 Å². The molecule has 0 aliphatic rings. The summed E-state index contributed by atoms with van der Waals surface area (Å²) in [6, 6.07) is 4.38. The summed E-state index contributed by atoms with van der Waals surface area (Å²) in [5.41, 5.74) is -0.550. The van der Waals surface area contributed by atoms with Gasteiger partial charge in [0.05, 0.1) is 12.1 Å². The minimum absolute atomic E-state index is 0.0438. The molecule has 0 saturated heterocycles. The van der Waals surface area contributed by atoms with Gasteiger partial charge in [0.1, 0.15) is 5.69 Å². The zero-order valence-electron chi connectivity index (χ0n) is 11.4. The van der Waals surface area contributed by atoms with Crippen LogP contribution in [0.25, 0.3) is 5.69 Å². The summed E-state index contributed by atoms with van der Waals surface area (Å²) in [6.45, 7) is 1.75. The summed E-state index contributed by atoms with van der Waals surface area (Å²) in [4.78, 5) is 23.7. The molecule has 2 rings (SSSR count). The van der Waals surface area contributed by atoms with Crippen LogP contribution in [0.15, 0.2) is 29.2 Å². The normalized spacial score (nSPS) is 10.5. The van der Waals surface area contributed by atoms with Crippen molar-refractivity contribution in [3.05, 3.63) is 56.7 Å². The van der Waals surface area contributed by atoms with Crippen LogP contribution in [0.3, 0.4) is 0 Å². The number of methoxy groups -OCH3 is 1. The summed E-state index contributed by atoms with van der Waals surface area (Å²) in [5.74, 6) is -1.56. The Kier molecular flexibility index (Phi) is 4.37. The number of aromatic nitrogens is 2. The highest BCUT2D eigenvalue weighted by atomic mass is 35.5.